The van der Waals surface area contributed by atoms with Crippen LogP contribution < -0.4 is 5.73 Å². The molecule has 1 saturated carbocycles. The first-order chi connectivity index (χ1) is 6.66. The fraction of sp³-hybridized carbons (Fsp3) is 0.600. The van der Waals surface area contributed by atoms with E-state index in [4.69, 9.17) is 5.73 Å². The van der Waals surface area contributed by atoms with E-state index in [9.17, 15) is 0 Å². The maximum absolute atomic E-state index is 5.75. The van der Waals surface area contributed by atoms with E-state index < -0.39 is 0 Å². The maximum Gasteiger partial charge on any atom is 0.131 e. The molecule has 1 aromatic rings. The lowest BCUT2D eigenvalue weighted by atomic mass is 10.2. The van der Waals surface area contributed by atoms with Gasteiger partial charge in [-0.3, -0.25) is 0 Å². The predicted octanol–water partition coefficient (Wildman–Crippen LogP) is 2.01. The van der Waals surface area contributed by atoms with Gasteiger partial charge in [-0.15, -0.1) is 0 Å². The van der Waals surface area contributed by atoms with E-state index in [1.165, 1.54) is 12.8 Å². The molecule has 14 heavy (non-hydrogen) atoms. The average Bonchev–Trinajstić information content (AvgIpc) is 2.91. The normalized spacial score (nSPS) is 18.2. The zero-order valence-electron chi connectivity index (χ0n) is 8.20. The largest absolute Gasteiger partial charge is 0.328 e. The highest BCUT2D eigenvalue weighted by molar-refractivity contribution is 9.10. The molecule has 1 heterocycles. The summed E-state index contributed by atoms with van der Waals surface area (Å²) in [6.07, 6.45) is 5.12. The van der Waals surface area contributed by atoms with Gasteiger partial charge in [-0.2, -0.15) is 0 Å². The summed E-state index contributed by atoms with van der Waals surface area (Å²) in [5.41, 5.74) is 6.79. The van der Waals surface area contributed by atoms with Crippen molar-refractivity contribution in [2.75, 3.05) is 0 Å². The Morgan fingerprint density at radius 2 is 2.36 bits per heavy atom. The molecule has 0 unspecified atom stereocenters. The van der Waals surface area contributed by atoms with Crippen molar-refractivity contribution >= 4 is 15.9 Å². The Morgan fingerprint density at radius 3 is 2.93 bits per heavy atom. The van der Waals surface area contributed by atoms with Gasteiger partial charge in [0.05, 0.1) is 10.2 Å². The lowest BCUT2D eigenvalue weighted by Gasteiger charge is -2.07. The Kier molecular flexibility index (Phi) is 2.83. The zero-order valence-corrected chi connectivity index (χ0v) is 9.79. The summed E-state index contributed by atoms with van der Waals surface area (Å²) in [6, 6.07) is 0.147. The van der Waals surface area contributed by atoms with Crippen LogP contribution in [0.25, 0.3) is 0 Å². The Hall–Kier alpha value is -0.480. The Labute approximate surface area is 92.3 Å². The summed E-state index contributed by atoms with van der Waals surface area (Å²) >= 11 is 3.45. The lowest BCUT2D eigenvalue weighted by Crippen LogP contribution is -2.19. The number of aromatic nitrogens is 2. The van der Waals surface area contributed by atoms with Gasteiger partial charge in [-0.1, -0.05) is 0 Å². The first kappa shape index (κ1) is 10.1. The summed E-state index contributed by atoms with van der Waals surface area (Å²) in [5, 5.41) is 0. The van der Waals surface area contributed by atoms with Gasteiger partial charge < -0.3 is 5.73 Å². The van der Waals surface area contributed by atoms with Crippen LogP contribution in [0.2, 0.25) is 0 Å². The predicted molar refractivity (Wildman–Crippen MR) is 59.1 cm³/mol. The molecule has 1 aliphatic rings. The van der Waals surface area contributed by atoms with Crippen LogP contribution >= 0.6 is 15.9 Å². The minimum Gasteiger partial charge on any atom is -0.328 e. The molecule has 1 fully saturated rings. The van der Waals surface area contributed by atoms with Gasteiger partial charge in [-0.25, -0.2) is 9.97 Å². The van der Waals surface area contributed by atoms with Crippen molar-refractivity contribution in [1.82, 2.24) is 9.97 Å². The molecule has 1 aromatic heterocycles. The van der Waals surface area contributed by atoms with Crippen molar-refractivity contribution < 1.29 is 0 Å². The van der Waals surface area contributed by atoms with Crippen LogP contribution in [0.1, 0.15) is 37.2 Å². The minimum atomic E-state index is 0.147. The molecule has 2 rings (SSSR count). The van der Waals surface area contributed by atoms with Gasteiger partial charge in [0, 0.05) is 24.6 Å². The average molecular weight is 256 g/mol. The van der Waals surface area contributed by atoms with Crippen LogP contribution in [0.15, 0.2) is 10.7 Å². The van der Waals surface area contributed by atoms with Crippen molar-refractivity contribution in [3.63, 3.8) is 0 Å². The minimum absolute atomic E-state index is 0.147. The van der Waals surface area contributed by atoms with Crippen LogP contribution in [-0.2, 0) is 6.42 Å². The highest BCUT2D eigenvalue weighted by Crippen LogP contribution is 2.38. The molecule has 0 spiro atoms. The van der Waals surface area contributed by atoms with Gasteiger partial charge in [0.1, 0.15) is 5.82 Å². The number of nitrogens with zero attached hydrogens (tertiary/aromatic N) is 2. The topological polar surface area (TPSA) is 51.8 Å². The second kappa shape index (κ2) is 3.95. The number of hydrogen-bond acceptors (Lipinski definition) is 3. The standard InChI is InChI=1S/C10H14BrN3/c1-6(12)4-9-8(11)5-13-10(14-9)7-2-3-7/h5-7H,2-4,12H2,1H3/t6-/m0/s1. The fourth-order valence-corrected chi connectivity index (χ4v) is 1.76. The van der Waals surface area contributed by atoms with Crippen LogP contribution in [0.4, 0.5) is 0 Å². The van der Waals surface area contributed by atoms with Crippen LogP contribution in [0, 0.1) is 0 Å². The third-order valence-corrected chi connectivity index (χ3v) is 2.96. The van der Waals surface area contributed by atoms with E-state index >= 15 is 0 Å². The summed E-state index contributed by atoms with van der Waals surface area (Å²) in [4.78, 5) is 8.85. The second-order valence-electron chi connectivity index (χ2n) is 3.98. The maximum atomic E-state index is 5.75. The van der Waals surface area contributed by atoms with Gasteiger partial charge in [0.25, 0.3) is 0 Å². The molecule has 4 heteroatoms. The number of hydrogen-bond donors (Lipinski definition) is 1. The van der Waals surface area contributed by atoms with E-state index in [2.05, 4.69) is 25.9 Å². The number of halogens is 1. The first-order valence-electron chi connectivity index (χ1n) is 4.93. The van der Waals surface area contributed by atoms with E-state index in [0.717, 1.165) is 22.4 Å². The molecule has 1 atom stereocenters. The molecule has 0 bridgehead atoms. The van der Waals surface area contributed by atoms with Crippen LogP contribution in [0.5, 0.6) is 0 Å². The van der Waals surface area contributed by atoms with E-state index in [1.807, 2.05) is 13.1 Å². The molecule has 1 aliphatic carbocycles. The van der Waals surface area contributed by atoms with Gasteiger partial charge in [0.2, 0.25) is 0 Å². The molecule has 76 valence electrons. The third kappa shape index (κ3) is 2.30. The quantitative estimate of drug-likeness (QED) is 0.899. The third-order valence-electron chi connectivity index (χ3n) is 2.29. The molecule has 3 nitrogen and oxygen atoms in total. The van der Waals surface area contributed by atoms with E-state index in [1.54, 1.807) is 0 Å². The van der Waals surface area contributed by atoms with Gasteiger partial charge >= 0.3 is 0 Å². The first-order valence-corrected chi connectivity index (χ1v) is 5.73. The lowest BCUT2D eigenvalue weighted by molar-refractivity contribution is 0.708. The Balaban J connectivity index is 2.22. The van der Waals surface area contributed by atoms with Crippen LogP contribution in [-0.4, -0.2) is 16.0 Å². The smallest absolute Gasteiger partial charge is 0.131 e. The summed E-state index contributed by atoms with van der Waals surface area (Å²) in [5.74, 6) is 1.60. The van der Waals surface area contributed by atoms with Gasteiger partial charge in [0.15, 0.2) is 0 Å². The number of nitrogens with two attached hydrogens (primary N) is 1. The summed E-state index contributed by atoms with van der Waals surface area (Å²) < 4.78 is 0.971. The van der Waals surface area contributed by atoms with E-state index in [0.29, 0.717) is 5.92 Å². The van der Waals surface area contributed by atoms with Gasteiger partial charge in [-0.05, 0) is 35.7 Å². The van der Waals surface area contributed by atoms with Crippen molar-refractivity contribution in [3.8, 4) is 0 Å². The highest BCUT2D eigenvalue weighted by atomic mass is 79.9. The van der Waals surface area contributed by atoms with E-state index in [-0.39, 0.29) is 6.04 Å². The van der Waals surface area contributed by atoms with Crippen molar-refractivity contribution in [2.45, 2.75) is 38.1 Å². The molecular formula is C10H14BrN3. The van der Waals surface area contributed by atoms with Crippen molar-refractivity contribution in [2.24, 2.45) is 5.73 Å². The molecule has 0 saturated heterocycles. The molecule has 0 aliphatic heterocycles. The monoisotopic (exact) mass is 255 g/mol. The Morgan fingerprint density at radius 1 is 1.64 bits per heavy atom. The molecule has 0 radical (unpaired) electrons. The molecule has 0 amide bonds. The molecule has 2 N–H and O–H groups in total. The second-order valence-corrected chi connectivity index (χ2v) is 4.83. The Bertz CT molecular complexity index is 334. The van der Waals surface area contributed by atoms with Crippen molar-refractivity contribution in [1.29, 1.82) is 0 Å². The molecular weight excluding hydrogens is 242 g/mol. The summed E-state index contributed by atoms with van der Waals surface area (Å²) in [7, 11) is 0. The van der Waals surface area contributed by atoms with Crippen molar-refractivity contribution in [3.05, 3.63) is 22.2 Å². The van der Waals surface area contributed by atoms with Crippen LogP contribution in [0.3, 0.4) is 0 Å². The fourth-order valence-electron chi connectivity index (χ4n) is 1.40. The molecule has 0 aromatic carbocycles. The highest BCUT2D eigenvalue weighted by Gasteiger charge is 2.27. The number of rotatable bonds is 3. The summed E-state index contributed by atoms with van der Waals surface area (Å²) in [6.45, 7) is 1.99. The zero-order chi connectivity index (χ0) is 10.1. The SMILES string of the molecule is C[C@H](N)Cc1nc(C2CC2)ncc1Br.